The summed E-state index contributed by atoms with van der Waals surface area (Å²) in [5, 5.41) is 2.62. The maximum absolute atomic E-state index is 12.0. The lowest BCUT2D eigenvalue weighted by atomic mass is 10.1. The number of methoxy groups -OCH3 is 1. The SMILES string of the molecule is COC1OC(C(=O)NCCC=O)C2OC(C)(C)OC12. The molecule has 2 saturated heterocycles. The third kappa shape index (κ3) is 2.94. The zero-order valence-electron chi connectivity index (χ0n) is 11.3. The molecular weight excluding hydrogens is 254 g/mol. The highest BCUT2D eigenvalue weighted by Gasteiger charge is 2.57. The van der Waals surface area contributed by atoms with Crippen LogP contribution in [0.2, 0.25) is 0 Å². The van der Waals surface area contributed by atoms with Crippen molar-refractivity contribution in [3.8, 4) is 0 Å². The third-order valence-corrected chi connectivity index (χ3v) is 3.06. The zero-order valence-corrected chi connectivity index (χ0v) is 11.3. The molecule has 19 heavy (non-hydrogen) atoms. The summed E-state index contributed by atoms with van der Waals surface area (Å²) in [6.07, 6.45) is -1.34. The number of carbonyl (C=O) groups is 2. The number of amides is 1. The minimum Gasteiger partial charge on any atom is -0.353 e. The Bertz CT molecular complexity index is 358. The van der Waals surface area contributed by atoms with Crippen molar-refractivity contribution in [1.29, 1.82) is 0 Å². The van der Waals surface area contributed by atoms with E-state index in [1.54, 1.807) is 13.8 Å². The van der Waals surface area contributed by atoms with Crippen molar-refractivity contribution in [3.05, 3.63) is 0 Å². The molecular formula is C12H19NO6. The average Bonchev–Trinajstić information content (AvgIpc) is 2.82. The molecule has 2 rings (SSSR count). The van der Waals surface area contributed by atoms with Crippen molar-refractivity contribution in [2.75, 3.05) is 13.7 Å². The number of ether oxygens (including phenoxy) is 4. The summed E-state index contributed by atoms with van der Waals surface area (Å²) in [4.78, 5) is 22.2. The Morgan fingerprint density at radius 1 is 1.37 bits per heavy atom. The van der Waals surface area contributed by atoms with Gasteiger partial charge in [-0.1, -0.05) is 0 Å². The normalized spacial score (nSPS) is 35.9. The van der Waals surface area contributed by atoms with E-state index >= 15 is 0 Å². The molecule has 1 N–H and O–H groups in total. The van der Waals surface area contributed by atoms with Crippen LogP contribution in [0.4, 0.5) is 0 Å². The van der Waals surface area contributed by atoms with E-state index in [1.165, 1.54) is 7.11 Å². The van der Waals surface area contributed by atoms with Crippen LogP contribution in [0.25, 0.3) is 0 Å². The van der Waals surface area contributed by atoms with Gasteiger partial charge in [-0.2, -0.15) is 0 Å². The summed E-state index contributed by atoms with van der Waals surface area (Å²) < 4.78 is 22.0. The average molecular weight is 273 g/mol. The van der Waals surface area contributed by atoms with E-state index in [1.807, 2.05) is 0 Å². The second-order valence-electron chi connectivity index (χ2n) is 4.97. The quantitative estimate of drug-likeness (QED) is 0.541. The lowest BCUT2D eigenvalue weighted by Gasteiger charge is -2.23. The molecule has 0 radical (unpaired) electrons. The van der Waals surface area contributed by atoms with E-state index in [9.17, 15) is 9.59 Å². The summed E-state index contributed by atoms with van der Waals surface area (Å²) >= 11 is 0. The van der Waals surface area contributed by atoms with Gasteiger partial charge in [-0.25, -0.2) is 0 Å². The van der Waals surface area contributed by atoms with Crippen LogP contribution in [0.1, 0.15) is 20.3 Å². The van der Waals surface area contributed by atoms with Crippen molar-refractivity contribution < 1.29 is 28.5 Å². The van der Waals surface area contributed by atoms with Crippen LogP contribution >= 0.6 is 0 Å². The minimum absolute atomic E-state index is 0.267. The molecule has 108 valence electrons. The molecule has 7 nitrogen and oxygen atoms in total. The van der Waals surface area contributed by atoms with Gasteiger partial charge < -0.3 is 29.1 Å². The van der Waals surface area contributed by atoms with E-state index in [4.69, 9.17) is 18.9 Å². The number of hydrogen-bond donors (Lipinski definition) is 1. The minimum atomic E-state index is -0.789. The Labute approximate surface area is 111 Å². The van der Waals surface area contributed by atoms with Crippen LogP contribution in [0.5, 0.6) is 0 Å². The highest BCUT2D eigenvalue weighted by Crippen LogP contribution is 2.38. The summed E-state index contributed by atoms with van der Waals surface area (Å²) in [7, 11) is 1.49. The third-order valence-electron chi connectivity index (χ3n) is 3.06. The molecule has 0 spiro atoms. The summed E-state index contributed by atoms with van der Waals surface area (Å²) in [5.41, 5.74) is 0. The second-order valence-corrected chi connectivity index (χ2v) is 4.97. The van der Waals surface area contributed by atoms with Gasteiger partial charge in [0.1, 0.15) is 18.5 Å². The predicted octanol–water partition coefficient (Wildman–Crippen LogP) is -0.417. The molecule has 2 aliphatic heterocycles. The van der Waals surface area contributed by atoms with Gasteiger partial charge in [0.2, 0.25) is 0 Å². The fourth-order valence-corrected chi connectivity index (χ4v) is 2.32. The fraction of sp³-hybridized carbons (Fsp3) is 0.833. The summed E-state index contributed by atoms with van der Waals surface area (Å²) in [6.45, 7) is 3.83. The molecule has 0 aromatic carbocycles. The Morgan fingerprint density at radius 2 is 2.05 bits per heavy atom. The first kappa shape index (κ1) is 14.4. The molecule has 0 aromatic rings. The van der Waals surface area contributed by atoms with Gasteiger partial charge in [-0.05, 0) is 13.8 Å². The van der Waals surface area contributed by atoms with Gasteiger partial charge >= 0.3 is 0 Å². The lowest BCUT2D eigenvalue weighted by molar-refractivity contribution is -0.225. The first-order valence-corrected chi connectivity index (χ1v) is 6.24. The molecule has 4 atom stereocenters. The predicted molar refractivity (Wildman–Crippen MR) is 63.2 cm³/mol. The highest BCUT2D eigenvalue weighted by atomic mass is 16.8. The van der Waals surface area contributed by atoms with Gasteiger partial charge in [-0.3, -0.25) is 4.79 Å². The van der Waals surface area contributed by atoms with Crippen molar-refractivity contribution in [3.63, 3.8) is 0 Å². The number of rotatable bonds is 5. The first-order chi connectivity index (χ1) is 8.98. The number of nitrogens with one attached hydrogen (secondary N) is 1. The topological polar surface area (TPSA) is 83.1 Å². The van der Waals surface area contributed by atoms with Crippen LogP contribution in [0, 0.1) is 0 Å². The molecule has 1 amide bonds. The molecule has 7 heteroatoms. The molecule has 2 heterocycles. The van der Waals surface area contributed by atoms with Crippen LogP contribution in [-0.2, 0) is 28.5 Å². The van der Waals surface area contributed by atoms with E-state index in [2.05, 4.69) is 5.32 Å². The number of hydrogen-bond acceptors (Lipinski definition) is 6. The maximum Gasteiger partial charge on any atom is 0.252 e. The largest absolute Gasteiger partial charge is 0.353 e. The molecule has 4 unspecified atom stereocenters. The summed E-state index contributed by atoms with van der Waals surface area (Å²) in [5.74, 6) is -1.09. The van der Waals surface area contributed by atoms with E-state index in [0.29, 0.717) is 0 Å². The van der Waals surface area contributed by atoms with E-state index in [-0.39, 0.29) is 18.9 Å². The summed E-state index contributed by atoms with van der Waals surface area (Å²) in [6, 6.07) is 0. The van der Waals surface area contributed by atoms with E-state index in [0.717, 1.165) is 6.29 Å². The Hall–Kier alpha value is -1.02. The lowest BCUT2D eigenvalue weighted by Crippen LogP contribution is -2.43. The molecule has 0 saturated carbocycles. The van der Waals surface area contributed by atoms with Crippen LogP contribution in [0.3, 0.4) is 0 Å². The fourth-order valence-electron chi connectivity index (χ4n) is 2.32. The van der Waals surface area contributed by atoms with Gasteiger partial charge in [0.15, 0.2) is 18.2 Å². The van der Waals surface area contributed by atoms with Crippen molar-refractivity contribution >= 4 is 12.2 Å². The van der Waals surface area contributed by atoms with Crippen molar-refractivity contribution in [2.24, 2.45) is 0 Å². The number of carbonyl (C=O) groups excluding carboxylic acids is 2. The monoisotopic (exact) mass is 273 g/mol. The standard InChI is InChI=1S/C12H19NO6/c1-12(2)18-7-8(10(15)13-5-4-6-14)17-11(16-3)9(7)19-12/h6-9,11H,4-5H2,1-3H3,(H,13,15). The molecule has 2 fully saturated rings. The molecule has 0 aliphatic carbocycles. The van der Waals surface area contributed by atoms with Crippen LogP contribution in [-0.4, -0.2) is 56.2 Å². The number of fused-ring (bicyclic) bond motifs is 1. The Kier molecular flexibility index (Phi) is 4.19. The second kappa shape index (κ2) is 5.54. The highest BCUT2D eigenvalue weighted by molar-refractivity contribution is 5.82. The molecule has 0 bridgehead atoms. The zero-order chi connectivity index (χ0) is 14.0. The number of aldehydes is 1. The van der Waals surface area contributed by atoms with Gasteiger partial charge in [-0.15, -0.1) is 0 Å². The molecule has 0 aromatic heterocycles. The van der Waals surface area contributed by atoms with Crippen LogP contribution < -0.4 is 5.32 Å². The van der Waals surface area contributed by atoms with Crippen molar-refractivity contribution in [1.82, 2.24) is 5.32 Å². The Morgan fingerprint density at radius 3 is 2.68 bits per heavy atom. The smallest absolute Gasteiger partial charge is 0.252 e. The molecule has 2 aliphatic rings. The Balaban J connectivity index is 2.01. The van der Waals surface area contributed by atoms with Crippen molar-refractivity contribution in [2.45, 2.75) is 50.7 Å². The van der Waals surface area contributed by atoms with Gasteiger partial charge in [0.05, 0.1) is 0 Å². The van der Waals surface area contributed by atoms with Crippen LogP contribution in [0.15, 0.2) is 0 Å². The first-order valence-electron chi connectivity index (χ1n) is 6.24. The van der Waals surface area contributed by atoms with Gasteiger partial charge in [0, 0.05) is 20.1 Å². The van der Waals surface area contributed by atoms with Gasteiger partial charge in [0.25, 0.3) is 5.91 Å². The van der Waals surface area contributed by atoms with E-state index < -0.39 is 30.4 Å². The maximum atomic E-state index is 12.0.